The molecule has 0 unspecified atom stereocenters. The van der Waals surface area contributed by atoms with Crippen LogP contribution in [0.15, 0.2) is 32.7 Å². The minimum absolute atomic E-state index is 0.0131. The Kier molecular flexibility index (Phi) is 5.94. The molecule has 0 bridgehead atoms. The number of rotatable bonds is 6. The number of hydrogen-bond acceptors (Lipinski definition) is 6. The van der Waals surface area contributed by atoms with Crippen molar-refractivity contribution >= 4 is 32.7 Å². The minimum Gasteiger partial charge on any atom is -0.322 e. The Morgan fingerprint density at radius 3 is 2.50 bits per heavy atom. The van der Waals surface area contributed by atoms with E-state index in [9.17, 15) is 22.8 Å². The number of carbonyl (C=O) groups is 1. The Morgan fingerprint density at radius 1 is 1.24 bits per heavy atom. The number of carbonyl (C=O) groups excluding carboxylic acids is 1. The summed E-state index contributed by atoms with van der Waals surface area (Å²) >= 11 is 0. The van der Waals surface area contributed by atoms with Crippen LogP contribution in [0.5, 0.6) is 0 Å². The average Bonchev–Trinajstić information content (AvgIpc) is 3.57. The van der Waals surface area contributed by atoms with Gasteiger partial charge in [-0.2, -0.15) is 0 Å². The summed E-state index contributed by atoms with van der Waals surface area (Å²) in [5.74, 6) is -0.349. The third kappa shape index (κ3) is 4.53. The zero-order chi connectivity index (χ0) is 24.9. The molecule has 2 heterocycles. The number of H-pyrrole nitrogens is 1. The summed E-state index contributed by atoms with van der Waals surface area (Å²) in [6.07, 6.45) is 1.82. The number of fused-ring (bicyclic) bond motifs is 1. The number of nitrogens with zero attached hydrogens (tertiary/aromatic N) is 2. The van der Waals surface area contributed by atoms with Gasteiger partial charge in [-0.15, -0.1) is 0 Å². The summed E-state index contributed by atoms with van der Waals surface area (Å²) in [4.78, 5) is 45.6. The van der Waals surface area contributed by atoms with Gasteiger partial charge in [-0.3, -0.25) is 19.1 Å². The second-order valence-corrected chi connectivity index (χ2v) is 10.8. The van der Waals surface area contributed by atoms with Gasteiger partial charge in [0.15, 0.2) is 5.65 Å². The molecule has 11 heteroatoms. The van der Waals surface area contributed by atoms with Crippen molar-refractivity contribution in [1.82, 2.24) is 14.5 Å². The molecule has 0 radical (unpaired) electrons. The van der Waals surface area contributed by atoms with Gasteiger partial charge in [0.25, 0.3) is 11.5 Å². The van der Waals surface area contributed by atoms with Crippen LogP contribution in [-0.4, -0.2) is 28.9 Å². The molecule has 1 aliphatic rings. The molecular weight excluding hydrogens is 458 g/mol. The van der Waals surface area contributed by atoms with E-state index in [1.54, 1.807) is 19.9 Å². The molecule has 2 aromatic heterocycles. The minimum atomic E-state index is -3.99. The molecule has 34 heavy (non-hydrogen) atoms. The summed E-state index contributed by atoms with van der Waals surface area (Å²) < 4.78 is 25.2. The third-order valence-corrected chi connectivity index (χ3v) is 6.87. The number of hydrogen-bond donors (Lipinski definition) is 3. The lowest BCUT2D eigenvalue weighted by molar-refractivity contribution is 0.102. The largest absolute Gasteiger partial charge is 0.330 e. The highest BCUT2D eigenvalue weighted by atomic mass is 32.2. The fraction of sp³-hybridized carbons (Fsp3) is 0.391. The first-order chi connectivity index (χ1) is 15.9. The summed E-state index contributed by atoms with van der Waals surface area (Å²) in [7, 11) is -3.99. The van der Waals surface area contributed by atoms with Crippen LogP contribution in [0.2, 0.25) is 0 Å². The molecule has 1 saturated carbocycles. The number of aromatic nitrogens is 3. The maximum absolute atomic E-state index is 13.5. The zero-order valence-electron chi connectivity index (χ0n) is 19.4. The topological polar surface area (TPSA) is 157 Å². The van der Waals surface area contributed by atoms with Crippen LogP contribution in [0.3, 0.4) is 0 Å². The van der Waals surface area contributed by atoms with E-state index in [0.29, 0.717) is 23.4 Å². The number of nitrogens with two attached hydrogens (primary N) is 1. The molecule has 0 atom stereocenters. The highest BCUT2D eigenvalue weighted by Gasteiger charge is 2.29. The van der Waals surface area contributed by atoms with Gasteiger partial charge >= 0.3 is 5.69 Å². The lowest BCUT2D eigenvalue weighted by Crippen LogP contribution is -2.33. The molecule has 3 aromatic rings. The Morgan fingerprint density at radius 2 is 1.91 bits per heavy atom. The van der Waals surface area contributed by atoms with Gasteiger partial charge in [-0.05, 0) is 61.9 Å². The number of primary sulfonamides is 1. The first-order valence-corrected chi connectivity index (χ1v) is 12.5. The lowest BCUT2D eigenvalue weighted by atomic mass is 10.1. The first kappa shape index (κ1) is 23.8. The zero-order valence-corrected chi connectivity index (χ0v) is 20.2. The van der Waals surface area contributed by atoms with Crippen LogP contribution < -0.4 is 21.7 Å². The van der Waals surface area contributed by atoms with Crippen LogP contribution >= 0.6 is 0 Å². The van der Waals surface area contributed by atoms with Gasteiger partial charge in [-0.1, -0.05) is 13.8 Å². The number of sulfonamides is 1. The normalized spacial score (nSPS) is 14.1. The molecule has 4 rings (SSSR count). The average molecular weight is 486 g/mol. The van der Waals surface area contributed by atoms with Crippen molar-refractivity contribution in [1.29, 1.82) is 0 Å². The monoisotopic (exact) mass is 485 g/mol. The molecule has 0 spiro atoms. The standard InChI is InChI=1S/C23H27N5O5S/c1-11(2)10-28-20-19(22(30)27-23(28)31)16(9-18(25-20)14-5-6-14)21(29)26-17-8-15(34(24,32)33)7-12(3)13(17)4/h7-9,11,14H,5-6,10H2,1-4H3,(H,26,29)(H2,24,32,33)(H,27,30,31). The maximum Gasteiger partial charge on any atom is 0.330 e. The van der Waals surface area contributed by atoms with Crippen molar-refractivity contribution in [2.75, 3.05) is 5.32 Å². The fourth-order valence-electron chi connectivity index (χ4n) is 3.91. The third-order valence-electron chi connectivity index (χ3n) is 5.97. The Hall–Kier alpha value is -3.31. The van der Waals surface area contributed by atoms with E-state index in [1.165, 1.54) is 16.7 Å². The van der Waals surface area contributed by atoms with Crippen molar-refractivity contribution in [3.63, 3.8) is 0 Å². The van der Waals surface area contributed by atoms with Crippen LogP contribution in [0.4, 0.5) is 5.69 Å². The number of anilines is 1. The number of aromatic amines is 1. The van der Waals surface area contributed by atoms with Crippen molar-refractivity contribution in [3.8, 4) is 0 Å². The van der Waals surface area contributed by atoms with Crippen LogP contribution in [0, 0.1) is 19.8 Å². The second-order valence-electron chi connectivity index (χ2n) is 9.24. The maximum atomic E-state index is 13.5. The van der Waals surface area contributed by atoms with Gasteiger partial charge < -0.3 is 5.32 Å². The number of nitrogens with one attached hydrogen (secondary N) is 2. The van der Waals surface area contributed by atoms with E-state index in [2.05, 4.69) is 15.3 Å². The van der Waals surface area contributed by atoms with E-state index >= 15 is 0 Å². The van der Waals surface area contributed by atoms with Crippen LogP contribution in [0.25, 0.3) is 11.0 Å². The van der Waals surface area contributed by atoms with E-state index in [0.717, 1.165) is 12.8 Å². The van der Waals surface area contributed by atoms with Crippen molar-refractivity contribution < 1.29 is 13.2 Å². The molecular formula is C23H27N5O5S. The predicted octanol–water partition coefficient (Wildman–Crippen LogP) is 2.13. The summed E-state index contributed by atoms with van der Waals surface area (Å²) in [6, 6.07) is 4.31. The Labute approximate surface area is 196 Å². The second kappa shape index (κ2) is 8.48. The van der Waals surface area contributed by atoms with Gasteiger partial charge in [0.05, 0.1) is 15.8 Å². The van der Waals surface area contributed by atoms with Crippen molar-refractivity contribution in [3.05, 3.63) is 61.4 Å². The van der Waals surface area contributed by atoms with Crippen molar-refractivity contribution in [2.45, 2.75) is 57.9 Å². The number of pyridine rings is 1. The SMILES string of the molecule is Cc1cc(S(N)(=O)=O)cc(NC(=O)c2cc(C3CC3)nc3c2c(=O)[nH]c(=O)n3CC(C)C)c1C. The molecule has 1 amide bonds. The van der Waals surface area contributed by atoms with E-state index in [4.69, 9.17) is 5.14 Å². The molecule has 4 N–H and O–H groups in total. The highest BCUT2D eigenvalue weighted by molar-refractivity contribution is 7.89. The van der Waals surface area contributed by atoms with Gasteiger partial charge in [0.1, 0.15) is 0 Å². The molecule has 10 nitrogen and oxygen atoms in total. The van der Waals surface area contributed by atoms with E-state index in [1.807, 2.05) is 13.8 Å². The predicted molar refractivity (Wildman–Crippen MR) is 129 cm³/mol. The molecule has 0 saturated heterocycles. The smallest absolute Gasteiger partial charge is 0.322 e. The van der Waals surface area contributed by atoms with E-state index < -0.39 is 27.2 Å². The molecule has 1 aliphatic carbocycles. The fourth-order valence-corrected chi connectivity index (χ4v) is 4.53. The van der Waals surface area contributed by atoms with E-state index in [-0.39, 0.29) is 39.0 Å². The van der Waals surface area contributed by atoms with Crippen molar-refractivity contribution in [2.24, 2.45) is 11.1 Å². The number of benzene rings is 1. The first-order valence-electron chi connectivity index (χ1n) is 11.0. The molecule has 180 valence electrons. The van der Waals surface area contributed by atoms with Gasteiger partial charge in [-0.25, -0.2) is 23.3 Å². The van der Waals surface area contributed by atoms with Gasteiger partial charge in [0.2, 0.25) is 10.0 Å². The molecule has 1 fully saturated rings. The van der Waals surface area contributed by atoms with Gasteiger partial charge in [0, 0.05) is 23.8 Å². The quantitative estimate of drug-likeness (QED) is 0.485. The summed E-state index contributed by atoms with van der Waals surface area (Å²) in [5, 5.41) is 8.03. The highest BCUT2D eigenvalue weighted by Crippen LogP contribution is 2.40. The summed E-state index contributed by atoms with van der Waals surface area (Å²) in [5.41, 5.74) is 1.16. The molecule has 1 aromatic carbocycles. The Bertz CT molecular complexity index is 1550. The Balaban J connectivity index is 1.91. The van der Waals surface area contributed by atoms with Crippen LogP contribution in [0.1, 0.15) is 59.8 Å². The molecule has 0 aliphatic heterocycles. The summed E-state index contributed by atoms with van der Waals surface area (Å²) in [6.45, 7) is 7.65. The number of amides is 1. The van der Waals surface area contributed by atoms with Crippen LogP contribution in [-0.2, 0) is 16.6 Å². The number of aryl methyl sites for hydroxylation is 1. The lowest BCUT2D eigenvalue weighted by Gasteiger charge is -2.16.